The van der Waals surface area contributed by atoms with Crippen LogP contribution in [-0.4, -0.2) is 22.9 Å². The smallest absolute Gasteiger partial charge is 0.0698 e. The van der Waals surface area contributed by atoms with Crippen LogP contribution in [0, 0.1) is 0 Å². The molecule has 0 unspecified atom stereocenters. The van der Waals surface area contributed by atoms with Crippen molar-refractivity contribution in [2.45, 2.75) is 0 Å². The molecule has 0 aromatic heterocycles. The summed E-state index contributed by atoms with van der Waals surface area (Å²) in [6.07, 6.45) is 3.55. The molecule has 0 aromatic rings. The molecule has 3 heteroatoms. The largest absolute Gasteiger partial charge is 0.411 e. The van der Waals surface area contributed by atoms with Gasteiger partial charge in [0, 0.05) is 11.5 Å². The lowest BCUT2D eigenvalue weighted by molar-refractivity contribution is 0.321. The van der Waals surface area contributed by atoms with Crippen LogP contribution in [0.3, 0.4) is 0 Å². The second-order valence-corrected chi connectivity index (χ2v) is 2.57. The lowest BCUT2D eigenvalue weighted by Gasteiger charge is -1.83. The van der Waals surface area contributed by atoms with E-state index in [2.05, 4.69) is 11.2 Å². The van der Waals surface area contributed by atoms with Gasteiger partial charge in [-0.15, -0.1) is 0 Å². The fourth-order valence-corrected chi connectivity index (χ4v) is 1.44. The topological polar surface area (TPSA) is 32.6 Å². The molecule has 1 heterocycles. The van der Waals surface area contributed by atoms with Crippen LogP contribution in [0.1, 0.15) is 0 Å². The molecule has 1 rings (SSSR count). The van der Waals surface area contributed by atoms with Crippen molar-refractivity contribution >= 4 is 18.0 Å². The minimum absolute atomic E-state index is 0.990. The third-order valence-electron chi connectivity index (χ3n) is 0.956. The number of oxime groups is 1. The minimum atomic E-state index is 0.990. The van der Waals surface area contributed by atoms with Gasteiger partial charge in [0.25, 0.3) is 0 Å². The molecular weight excluding hydrogens is 122 g/mol. The Morgan fingerprint density at radius 1 is 1.88 bits per heavy atom. The van der Waals surface area contributed by atoms with E-state index in [1.165, 1.54) is 6.21 Å². The van der Waals surface area contributed by atoms with E-state index < -0.39 is 0 Å². The maximum Gasteiger partial charge on any atom is 0.0698 e. The first kappa shape index (κ1) is 5.69. The Morgan fingerprint density at radius 3 is 3.25 bits per heavy atom. The van der Waals surface area contributed by atoms with Crippen molar-refractivity contribution in [1.29, 1.82) is 0 Å². The first-order valence-corrected chi connectivity index (χ1v) is 3.53. The standard InChI is InChI=1S/C5H7NOS/c7-6-3-5-1-2-8-4-5/h1,3,7H,2,4H2/b6-3+. The van der Waals surface area contributed by atoms with Crippen LogP contribution in [-0.2, 0) is 0 Å². The highest BCUT2D eigenvalue weighted by molar-refractivity contribution is 7.99. The number of thioether (sulfide) groups is 1. The van der Waals surface area contributed by atoms with Crippen LogP contribution in [0.4, 0.5) is 0 Å². The van der Waals surface area contributed by atoms with Crippen LogP contribution in [0.25, 0.3) is 0 Å². The summed E-state index contributed by atoms with van der Waals surface area (Å²) in [5.74, 6) is 2.05. The Labute approximate surface area is 52.3 Å². The van der Waals surface area contributed by atoms with E-state index in [1.807, 2.05) is 11.8 Å². The van der Waals surface area contributed by atoms with Gasteiger partial charge in [0.2, 0.25) is 0 Å². The molecule has 0 bridgehead atoms. The lowest BCUT2D eigenvalue weighted by atomic mass is 10.3. The van der Waals surface area contributed by atoms with Gasteiger partial charge in [-0.25, -0.2) is 0 Å². The average molecular weight is 129 g/mol. The van der Waals surface area contributed by atoms with Gasteiger partial charge in [0.05, 0.1) is 6.21 Å². The number of nitrogens with zero attached hydrogens (tertiary/aromatic N) is 1. The van der Waals surface area contributed by atoms with Crippen molar-refractivity contribution in [3.63, 3.8) is 0 Å². The maximum atomic E-state index is 8.05. The van der Waals surface area contributed by atoms with Crippen molar-refractivity contribution in [3.8, 4) is 0 Å². The highest BCUT2D eigenvalue weighted by Crippen LogP contribution is 2.14. The zero-order chi connectivity index (χ0) is 5.82. The van der Waals surface area contributed by atoms with E-state index in [-0.39, 0.29) is 0 Å². The summed E-state index contributed by atoms with van der Waals surface area (Å²) in [5.41, 5.74) is 1.12. The Morgan fingerprint density at radius 2 is 2.75 bits per heavy atom. The van der Waals surface area contributed by atoms with Crippen LogP contribution in [0.5, 0.6) is 0 Å². The van der Waals surface area contributed by atoms with Crippen molar-refractivity contribution in [2.75, 3.05) is 11.5 Å². The monoisotopic (exact) mass is 129 g/mol. The van der Waals surface area contributed by atoms with E-state index in [0.29, 0.717) is 0 Å². The molecule has 0 saturated carbocycles. The third kappa shape index (κ3) is 1.26. The normalized spacial score (nSPS) is 19.8. The summed E-state index contributed by atoms with van der Waals surface area (Å²) in [4.78, 5) is 0. The van der Waals surface area contributed by atoms with Crippen molar-refractivity contribution in [1.82, 2.24) is 0 Å². The average Bonchev–Trinajstić information content (AvgIpc) is 2.19. The molecule has 0 atom stereocenters. The second-order valence-electron chi connectivity index (χ2n) is 1.54. The SMILES string of the molecule is O/N=C/C1=CCSC1. The molecule has 0 saturated heterocycles. The van der Waals surface area contributed by atoms with E-state index in [1.54, 1.807) is 0 Å². The van der Waals surface area contributed by atoms with E-state index >= 15 is 0 Å². The molecule has 1 aliphatic rings. The van der Waals surface area contributed by atoms with Gasteiger partial charge in [0.1, 0.15) is 0 Å². The zero-order valence-electron chi connectivity index (χ0n) is 4.37. The number of hydrogen-bond acceptors (Lipinski definition) is 3. The summed E-state index contributed by atoms with van der Waals surface area (Å²) in [6, 6.07) is 0. The molecule has 44 valence electrons. The van der Waals surface area contributed by atoms with Crippen molar-refractivity contribution < 1.29 is 5.21 Å². The van der Waals surface area contributed by atoms with Crippen molar-refractivity contribution in [3.05, 3.63) is 11.6 Å². The van der Waals surface area contributed by atoms with Gasteiger partial charge in [-0.2, -0.15) is 11.8 Å². The minimum Gasteiger partial charge on any atom is -0.411 e. The summed E-state index contributed by atoms with van der Waals surface area (Å²) >= 11 is 1.83. The van der Waals surface area contributed by atoms with Gasteiger partial charge < -0.3 is 5.21 Å². The Kier molecular flexibility index (Phi) is 1.97. The van der Waals surface area contributed by atoms with Gasteiger partial charge in [0.15, 0.2) is 0 Å². The molecule has 0 spiro atoms. The molecule has 0 aromatic carbocycles. The van der Waals surface area contributed by atoms with Gasteiger partial charge in [-0.1, -0.05) is 11.2 Å². The predicted octanol–water partition coefficient (Wildman–Crippen LogP) is 1.12. The molecule has 2 nitrogen and oxygen atoms in total. The third-order valence-corrected chi connectivity index (χ3v) is 1.90. The lowest BCUT2D eigenvalue weighted by Crippen LogP contribution is -1.80. The molecule has 0 amide bonds. The zero-order valence-corrected chi connectivity index (χ0v) is 5.19. The highest BCUT2D eigenvalue weighted by Gasteiger charge is 1.99. The molecule has 8 heavy (non-hydrogen) atoms. The second kappa shape index (κ2) is 2.77. The predicted molar refractivity (Wildman–Crippen MR) is 35.7 cm³/mol. The van der Waals surface area contributed by atoms with Gasteiger partial charge in [-0.05, 0) is 5.57 Å². The van der Waals surface area contributed by atoms with Crippen molar-refractivity contribution in [2.24, 2.45) is 5.16 Å². The Hall–Kier alpha value is -0.440. The van der Waals surface area contributed by atoms with E-state index in [4.69, 9.17) is 5.21 Å². The molecule has 0 radical (unpaired) electrons. The summed E-state index contributed by atoms with van der Waals surface area (Å²) in [6.45, 7) is 0. The fourth-order valence-electron chi connectivity index (χ4n) is 0.566. The van der Waals surface area contributed by atoms with Gasteiger partial charge >= 0.3 is 0 Å². The number of hydrogen-bond donors (Lipinski definition) is 1. The van der Waals surface area contributed by atoms with Crippen LogP contribution >= 0.6 is 11.8 Å². The number of rotatable bonds is 1. The first-order valence-electron chi connectivity index (χ1n) is 2.37. The maximum absolute atomic E-state index is 8.05. The van der Waals surface area contributed by atoms with E-state index in [0.717, 1.165) is 17.1 Å². The molecule has 0 fully saturated rings. The Balaban J connectivity index is 2.45. The van der Waals surface area contributed by atoms with E-state index in [9.17, 15) is 0 Å². The highest BCUT2D eigenvalue weighted by atomic mass is 32.2. The van der Waals surface area contributed by atoms with Crippen LogP contribution < -0.4 is 0 Å². The summed E-state index contributed by atoms with van der Waals surface area (Å²) in [7, 11) is 0. The Bertz CT molecular complexity index is 130. The first-order chi connectivity index (χ1) is 3.93. The fraction of sp³-hybridized carbons (Fsp3) is 0.400. The summed E-state index contributed by atoms with van der Waals surface area (Å²) in [5, 5.41) is 11.0. The molecule has 1 aliphatic heterocycles. The molecule has 1 N–H and O–H groups in total. The van der Waals surface area contributed by atoms with Gasteiger partial charge in [-0.3, -0.25) is 0 Å². The summed E-state index contributed by atoms with van der Waals surface area (Å²) < 4.78 is 0. The van der Waals surface area contributed by atoms with Crippen LogP contribution in [0.2, 0.25) is 0 Å². The molecule has 0 aliphatic carbocycles. The van der Waals surface area contributed by atoms with Crippen LogP contribution in [0.15, 0.2) is 16.8 Å². The quantitative estimate of drug-likeness (QED) is 0.327. The molecular formula is C5H7NOS.